The Morgan fingerprint density at radius 3 is 2.35 bits per heavy atom. The summed E-state index contributed by atoms with van der Waals surface area (Å²) in [4.78, 5) is 0. The maximum atomic E-state index is 6.46. The van der Waals surface area contributed by atoms with Crippen molar-refractivity contribution in [3.8, 4) is 11.8 Å². The Labute approximate surface area is 223 Å². The molecule has 0 bridgehead atoms. The van der Waals surface area contributed by atoms with E-state index in [0.717, 1.165) is 17.4 Å². The molecule has 0 N–H and O–H groups in total. The van der Waals surface area contributed by atoms with Crippen LogP contribution in [0.3, 0.4) is 0 Å². The number of allylic oxidation sites excluding steroid dienone is 5. The average molecular weight is 496 g/mol. The zero-order chi connectivity index (χ0) is 26.3. The summed E-state index contributed by atoms with van der Waals surface area (Å²) < 4.78 is 25.5. The van der Waals surface area contributed by atoms with Gasteiger partial charge in [0.2, 0.25) is 0 Å². The molecule has 1 aromatic carbocycles. The molecule has 5 unspecified atom stereocenters. The van der Waals surface area contributed by atoms with Crippen LogP contribution in [0.2, 0.25) is 0 Å². The van der Waals surface area contributed by atoms with Gasteiger partial charge in [-0.2, -0.15) is 0 Å². The Kier molecular flexibility index (Phi) is 5.79. The molecule has 0 spiro atoms. The summed E-state index contributed by atoms with van der Waals surface area (Å²) in [6, 6.07) is 6.57. The van der Waals surface area contributed by atoms with Gasteiger partial charge in [-0.1, -0.05) is 61.3 Å². The zero-order valence-corrected chi connectivity index (χ0v) is 23.4. The van der Waals surface area contributed by atoms with E-state index in [4.69, 9.17) is 18.6 Å². The molecular weight excluding hydrogens is 458 g/mol. The molecule has 2 aliphatic heterocycles. The van der Waals surface area contributed by atoms with Crippen LogP contribution in [0.15, 0.2) is 47.5 Å². The van der Waals surface area contributed by atoms with Crippen molar-refractivity contribution in [3.63, 3.8) is 0 Å². The second-order valence-corrected chi connectivity index (χ2v) is 12.9. The molecule has 5 aliphatic rings. The van der Waals surface area contributed by atoms with Gasteiger partial charge in [0.25, 0.3) is 0 Å². The van der Waals surface area contributed by atoms with Crippen molar-refractivity contribution in [2.75, 3.05) is 0 Å². The van der Waals surface area contributed by atoms with Gasteiger partial charge >= 0.3 is 14.2 Å². The molecule has 2 saturated heterocycles. The van der Waals surface area contributed by atoms with Gasteiger partial charge in [-0.3, -0.25) is 0 Å². The SMILES string of the molecule is CC1OB(C2=CCC3C#CC4c5cc(B6OC(C)(C)C(C)(C)O6)ccc5C=CC4C3=C2)OC(C)(C)C1C. The Bertz CT molecular complexity index is 1260. The quantitative estimate of drug-likeness (QED) is 0.402. The van der Waals surface area contributed by atoms with Gasteiger partial charge < -0.3 is 18.6 Å². The van der Waals surface area contributed by atoms with E-state index in [1.807, 2.05) is 0 Å². The molecule has 192 valence electrons. The van der Waals surface area contributed by atoms with Crippen LogP contribution in [0.25, 0.3) is 6.08 Å². The normalized spacial score (nSPS) is 34.4. The molecule has 2 heterocycles. The molecule has 0 radical (unpaired) electrons. The number of fused-ring (bicyclic) bond motifs is 5. The Balaban J connectivity index is 1.30. The van der Waals surface area contributed by atoms with E-state index in [-0.39, 0.29) is 54.9 Å². The predicted octanol–water partition coefficient (Wildman–Crippen LogP) is 5.48. The minimum absolute atomic E-state index is 0.118. The first kappa shape index (κ1) is 25.3. The van der Waals surface area contributed by atoms with E-state index in [2.05, 4.69) is 110 Å². The fourth-order valence-corrected chi connectivity index (χ4v) is 6.13. The monoisotopic (exact) mass is 496 g/mol. The van der Waals surface area contributed by atoms with Gasteiger partial charge in [-0.15, -0.1) is 0 Å². The summed E-state index contributed by atoms with van der Waals surface area (Å²) in [5.41, 5.74) is 5.09. The topological polar surface area (TPSA) is 36.9 Å². The fraction of sp³-hybridized carbons (Fsp3) is 0.548. The number of hydrogen-bond donors (Lipinski definition) is 0. The van der Waals surface area contributed by atoms with Crippen molar-refractivity contribution in [1.82, 2.24) is 0 Å². The second kappa shape index (κ2) is 8.48. The third-order valence-electron chi connectivity index (χ3n) is 9.76. The molecule has 0 aromatic heterocycles. The molecule has 0 amide bonds. The van der Waals surface area contributed by atoms with Gasteiger partial charge in [0, 0.05) is 23.9 Å². The lowest BCUT2D eigenvalue weighted by molar-refractivity contribution is -0.0738. The summed E-state index contributed by atoms with van der Waals surface area (Å²) in [5, 5.41) is 0. The largest absolute Gasteiger partial charge is 0.494 e. The van der Waals surface area contributed by atoms with Crippen LogP contribution < -0.4 is 5.46 Å². The van der Waals surface area contributed by atoms with Crippen LogP contribution in [0, 0.1) is 29.6 Å². The van der Waals surface area contributed by atoms with Crippen molar-refractivity contribution in [1.29, 1.82) is 0 Å². The van der Waals surface area contributed by atoms with E-state index in [1.165, 1.54) is 16.7 Å². The standard InChI is InChI=1S/C31H38B2O4/c1-19-20(2)34-32(35-29(19,3)4)23-13-9-21-11-16-26-25(27(21)17-23)15-12-22-10-14-24(18-28(22)26)33-36-30(5,6)31(7,8)37-33/h10,12-15,17-21,25-26H,9H2,1-8H3. The van der Waals surface area contributed by atoms with Crippen molar-refractivity contribution < 1.29 is 18.6 Å². The minimum atomic E-state index is -0.374. The van der Waals surface area contributed by atoms with Gasteiger partial charge in [0.15, 0.2) is 0 Å². The van der Waals surface area contributed by atoms with Crippen molar-refractivity contribution >= 4 is 25.8 Å². The van der Waals surface area contributed by atoms with Gasteiger partial charge in [-0.25, -0.2) is 0 Å². The molecule has 6 rings (SSSR count). The van der Waals surface area contributed by atoms with Crippen LogP contribution in [-0.2, 0) is 18.6 Å². The van der Waals surface area contributed by atoms with Gasteiger partial charge in [0.05, 0.1) is 22.7 Å². The lowest BCUT2D eigenvalue weighted by Gasteiger charge is -2.45. The minimum Gasteiger partial charge on any atom is -0.404 e. The average Bonchev–Trinajstić information content (AvgIpc) is 3.07. The van der Waals surface area contributed by atoms with E-state index in [1.54, 1.807) is 0 Å². The maximum absolute atomic E-state index is 6.46. The molecule has 4 nitrogen and oxygen atoms in total. The summed E-state index contributed by atoms with van der Waals surface area (Å²) in [6.45, 7) is 17.1. The molecule has 37 heavy (non-hydrogen) atoms. The highest BCUT2D eigenvalue weighted by atomic mass is 16.7. The molecule has 1 aromatic rings. The second-order valence-electron chi connectivity index (χ2n) is 12.9. The number of hydrogen-bond acceptors (Lipinski definition) is 4. The van der Waals surface area contributed by atoms with Crippen molar-refractivity contribution in [2.45, 2.75) is 90.6 Å². The smallest absolute Gasteiger partial charge is 0.404 e. The molecule has 2 fully saturated rings. The summed E-state index contributed by atoms with van der Waals surface area (Å²) in [5.74, 6) is 8.15. The third-order valence-corrected chi connectivity index (χ3v) is 9.76. The molecule has 0 saturated carbocycles. The Hall–Kier alpha value is -2.03. The third kappa shape index (κ3) is 4.10. The highest BCUT2D eigenvalue weighted by molar-refractivity contribution is 6.62. The number of rotatable bonds is 2. The first-order valence-electron chi connectivity index (χ1n) is 13.8. The van der Waals surface area contributed by atoms with E-state index in [0.29, 0.717) is 5.92 Å². The highest BCUT2D eigenvalue weighted by Gasteiger charge is 2.52. The van der Waals surface area contributed by atoms with Crippen molar-refractivity contribution in [2.24, 2.45) is 17.8 Å². The molecule has 6 heteroatoms. The van der Waals surface area contributed by atoms with Gasteiger partial charge in [-0.05, 0) is 82.5 Å². The predicted molar refractivity (Wildman–Crippen MR) is 150 cm³/mol. The first-order valence-corrected chi connectivity index (χ1v) is 13.8. The fourth-order valence-electron chi connectivity index (χ4n) is 6.13. The first-order chi connectivity index (χ1) is 17.4. The summed E-state index contributed by atoms with van der Waals surface area (Å²) in [6.07, 6.45) is 10.2. The number of benzene rings is 1. The van der Waals surface area contributed by atoms with Gasteiger partial charge in [0.1, 0.15) is 0 Å². The lowest BCUT2D eigenvalue weighted by Crippen LogP contribution is -2.53. The molecule has 3 aliphatic carbocycles. The van der Waals surface area contributed by atoms with E-state index >= 15 is 0 Å². The van der Waals surface area contributed by atoms with E-state index in [9.17, 15) is 0 Å². The van der Waals surface area contributed by atoms with Crippen LogP contribution in [0.1, 0.15) is 78.9 Å². The maximum Gasteiger partial charge on any atom is 0.494 e. The van der Waals surface area contributed by atoms with Crippen LogP contribution in [0.4, 0.5) is 0 Å². The Morgan fingerprint density at radius 2 is 1.65 bits per heavy atom. The summed E-state index contributed by atoms with van der Waals surface area (Å²) >= 11 is 0. The van der Waals surface area contributed by atoms with Crippen LogP contribution in [-0.4, -0.2) is 37.1 Å². The molecule has 5 atom stereocenters. The van der Waals surface area contributed by atoms with E-state index < -0.39 is 0 Å². The summed E-state index contributed by atoms with van der Waals surface area (Å²) in [7, 11) is -0.710. The van der Waals surface area contributed by atoms with Crippen molar-refractivity contribution in [3.05, 3.63) is 58.6 Å². The zero-order valence-electron chi connectivity index (χ0n) is 23.4. The van der Waals surface area contributed by atoms with Crippen LogP contribution in [0.5, 0.6) is 0 Å². The lowest BCUT2D eigenvalue weighted by atomic mass is 9.63. The Morgan fingerprint density at radius 1 is 0.919 bits per heavy atom. The highest BCUT2D eigenvalue weighted by Crippen LogP contribution is 2.46. The molecular formula is C31H38B2O4. The van der Waals surface area contributed by atoms with Crippen LogP contribution >= 0.6 is 0 Å².